The molecule has 0 bridgehead atoms. The van der Waals surface area contributed by atoms with Crippen LogP contribution in [0.4, 0.5) is 15.5 Å². The molecule has 0 aliphatic heterocycles. The zero-order chi connectivity index (χ0) is 15.4. The van der Waals surface area contributed by atoms with Gasteiger partial charge in [-0.25, -0.2) is 4.79 Å². The molecule has 0 saturated heterocycles. The molecule has 5 N–H and O–H groups in total. The van der Waals surface area contributed by atoms with Gasteiger partial charge in [0.1, 0.15) is 5.00 Å². The summed E-state index contributed by atoms with van der Waals surface area (Å²) in [6.07, 6.45) is 0. The van der Waals surface area contributed by atoms with Gasteiger partial charge < -0.3 is 16.4 Å². The number of nitrogen functional groups attached to an aromatic ring is 1. The van der Waals surface area contributed by atoms with Crippen molar-refractivity contribution in [1.29, 1.82) is 0 Å². The molecule has 6 nitrogen and oxygen atoms in total. The lowest BCUT2D eigenvalue weighted by atomic mass is 10.1. The second kappa shape index (κ2) is 6.27. The topological polar surface area (TPSA) is 96.2 Å². The molecule has 0 aliphatic rings. The Morgan fingerprint density at radius 1 is 1.10 bits per heavy atom. The molecule has 1 aromatic heterocycles. The Bertz CT molecular complexity index is 664. The van der Waals surface area contributed by atoms with Crippen molar-refractivity contribution in [2.24, 2.45) is 0 Å². The number of rotatable bonds is 3. The Morgan fingerprint density at radius 2 is 1.76 bits per heavy atom. The largest absolute Gasteiger partial charge is 0.399 e. The number of anilines is 2. The van der Waals surface area contributed by atoms with Crippen molar-refractivity contribution in [3.8, 4) is 10.4 Å². The maximum absolute atomic E-state index is 11.9. The number of carbonyl (C=O) groups excluding carboxylic acids is 2. The molecule has 0 radical (unpaired) electrons. The lowest BCUT2D eigenvalue weighted by molar-refractivity contribution is 0.0964. The van der Waals surface area contributed by atoms with E-state index in [1.54, 1.807) is 25.2 Å². The molecule has 1 heterocycles. The molecular weight excluding hydrogens is 288 g/mol. The molecule has 0 saturated carbocycles. The van der Waals surface area contributed by atoms with Crippen molar-refractivity contribution < 1.29 is 9.59 Å². The van der Waals surface area contributed by atoms with Gasteiger partial charge in [0.25, 0.3) is 5.91 Å². The lowest BCUT2D eigenvalue weighted by Gasteiger charge is -2.04. The van der Waals surface area contributed by atoms with E-state index in [0.717, 1.165) is 10.4 Å². The summed E-state index contributed by atoms with van der Waals surface area (Å²) in [5.41, 5.74) is 7.70. The van der Waals surface area contributed by atoms with Crippen LogP contribution in [0, 0.1) is 0 Å². The third-order valence-electron chi connectivity index (χ3n) is 2.85. The van der Waals surface area contributed by atoms with Crippen LogP contribution in [-0.4, -0.2) is 26.0 Å². The standard InChI is InChI=1S/C14H16N4O2S/c1-16-12(19)10-7-11(8-3-5-9(15)6-4-8)21-13(10)18-14(20)17-2/h3-7H,15H2,1-2H3,(H,16,19)(H2,17,18,20). The van der Waals surface area contributed by atoms with Crippen LogP contribution in [-0.2, 0) is 0 Å². The summed E-state index contributed by atoms with van der Waals surface area (Å²) in [5, 5.41) is 8.19. The first-order valence-electron chi connectivity index (χ1n) is 6.25. The highest BCUT2D eigenvalue weighted by Crippen LogP contribution is 2.35. The molecule has 3 amide bonds. The van der Waals surface area contributed by atoms with Gasteiger partial charge in [0.2, 0.25) is 0 Å². The van der Waals surface area contributed by atoms with Crippen molar-refractivity contribution in [3.63, 3.8) is 0 Å². The average Bonchev–Trinajstić information content (AvgIpc) is 2.90. The Morgan fingerprint density at radius 3 is 2.33 bits per heavy atom. The van der Waals surface area contributed by atoms with Gasteiger partial charge in [0.05, 0.1) is 5.56 Å². The lowest BCUT2D eigenvalue weighted by Crippen LogP contribution is -2.26. The number of amides is 3. The molecule has 2 rings (SSSR count). The minimum absolute atomic E-state index is 0.251. The zero-order valence-electron chi connectivity index (χ0n) is 11.7. The minimum atomic E-state index is -0.370. The van der Waals surface area contributed by atoms with Crippen molar-refractivity contribution in [3.05, 3.63) is 35.9 Å². The second-order valence-electron chi connectivity index (χ2n) is 4.26. The predicted molar refractivity (Wildman–Crippen MR) is 85.6 cm³/mol. The number of nitrogens with two attached hydrogens (primary N) is 1. The third-order valence-corrected chi connectivity index (χ3v) is 3.95. The third kappa shape index (κ3) is 3.32. The van der Waals surface area contributed by atoms with Crippen LogP contribution in [0.15, 0.2) is 30.3 Å². The molecule has 2 aromatic rings. The fraction of sp³-hybridized carbons (Fsp3) is 0.143. The maximum atomic E-state index is 11.9. The van der Waals surface area contributed by atoms with Gasteiger partial charge in [-0.1, -0.05) is 12.1 Å². The van der Waals surface area contributed by atoms with E-state index < -0.39 is 0 Å². The molecule has 0 spiro atoms. The summed E-state index contributed by atoms with van der Waals surface area (Å²) < 4.78 is 0. The Hall–Kier alpha value is -2.54. The number of benzene rings is 1. The molecule has 7 heteroatoms. The van der Waals surface area contributed by atoms with E-state index in [1.807, 2.05) is 12.1 Å². The monoisotopic (exact) mass is 304 g/mol. The molecule has 0 unspecified atom stereocenters. The van der Waals surface area contributed by atoms with Crippen molar-refractivity contribution in [2.75, 3.05) is 25.1 Å². The van der Waals surface area contributed by atoms with Gasteiger partial charge >= 0.3 is 6.03 Å². The van der Waals surface area contributed by atoms with E-state index in [0.29, 0.717) is 16.3 Å². The molecule has 0 fully saturated rings. The summed E-state index contributed by atoms with van der Waals surface area (Å²) in [6.45, 7) is 0. The Kier molecular flexibility index (Phi) is 4.44. The summed E-state index contributed by atoms with van der Waals surface area (Å²) in [5.74, 6) is -0.251. The van der Waals surface area contributed by atoms with Gasteiger partial charge in [-0.05, 0) is 23.8 Å². The number of thiophene rings is 1. The first-order valence-corrected chi connectivity index (χ1v) is 7.07. The van der Waals surface area contributed by atoms with E-state index in [9.17, 15) is 9.59 Å². The molecule has 0 aliphatic carbocycles. The van der Waals surface area contributed by atoms with Crippen molar-refractivity contribution in [1.82, 2.24) is 10.6 Å². The summed E-state index contributed by atoms with van der Waals surface area (Å²) in [6, 6.07) is 8.71. The summed E-state index contributed by atoms with van der Waals surface area (Å²) in [7, 11) is 3.07. The smallest absolute Gasteiger partial charge is 0.319 e. The minimum Gasteiger partial charge on any atom is -0.399 e. The summed E-state index contributed by atoms with van der Waals surface area (Å²) >= 11 is 1.33. The molecule has 21 heavy (non-hydrogen) atoms. The van der Waals surface area contributed by atoms with Gasteiger partial charge in [-0.3, -0.25) is 10.1 Å². The van der Waals surface area contributed by atoms with Gasteiger partial charge in [0.15, 0.2) is 0 Å². The fourth-order valence-corrected chi connectivity index (χ4v) is 2.80. The van der Waals surface area contributed by atoms with Crippen molar-refractivity contribution >= 4 is 34.0 Å². The van der Waals surface area contributed by atoms with Gasteiger partial charge in [-0.15, -0.1) is 11.3 Å². The van der Waals surface area contributed by atoms with Gasteiger partial charge in [0, 0.05) is 24.7 Å². The Labute approximate surface area is 126 Å². The van der Waals surface area contributed by atoms with E-state index >= 15 is 0 Å². The van der Waals surface area contributed by atoms with E-state index in [2.05, 4.69) is 16.0 Å². The van der Waals surface area contributed by atoms with Crippen LogP contribution in [0.2, 0.25) is 0 Å². The van der Waals surface area contributed by atoms with E-state index in [4.69, 9.17) is 5.73 Å². The number of urea groups is 1. The normalized spacial score (nSPS) is 10.0. The Balaban J connectivity index is 2.42. The highest BCUT2D eigenvalue weighted by molar-refractivity contribution is 7.20. The van der Waals surface area contributed by atoms with Crippen LogP contribution in [0.3, 0.4) is 0 Å². The SMILES string of the molecule is CNC(=O)Nc1sc(-c2ccc(N)cc2)cc1C(=O)NC. The van der Waals surface area contributed by atoms with Crippen LogP contribution < -0.4 is 21.7 Å². The number of hydrogen-bond donors (Lipinski definition) is 4. The van der Waals surface area contributed by atoms with Crippen LogP contribution in [0.1, 0.15) is 10.4 Å². The second-order valence-corrected chi connectivity index (χ2v) is 5.31. The van der Waals surface area contributed by atoms with Gasteiger partial charge in [-0.2, -0.15) is 0 Å². The number of nitrogens with one attached hydrogen (secondary N) is 3. The average molecular weight is 304 g/mol. The van der Waals surface area contributed by atoms with Crippen molar-refractivity contribution in [2.45, 2.75) is 0 Å². The quantitative estimate of drug-likeness (QED) is 0.654. The van der Waals surface area contributed by atoms with E-state index in [-0.39, 0.29) is 11.9 Å². The fourth-order valence-electron chi connectivity index (χ4n) is 1.74. The predicted octanol–water partition coefficient (Wildman–Crippen LogP) is 2.11. The van der Waals surface area contributed by atoms with Crippen LogP contribution >= 0.6 is 11.3 Å². The molecule has 110 valence electrons. The first-order chi connectivity index (χ1) is 10.0. The molecule has 1 aromatic carbocycles. The molecular formula is C14H16N4O2S. The zero-order valence-corrected chi connectivity index (χ0v) is 12.5. The summed E-state index contributed by atoms with van der Waals surface area (Å²) in [4.78, 5) is 24.3. The highest BCUT2D eigenvalue weighted by atomic mass is 32.1. The van der Waals surface area contributed by atoms with Crippen LogP contribution in [0.5, 0.6) is 0 Å². The van der Waals surface area contributed by atoms with Crippen LogP contribution in [0.25, 0.3) is 10.4 Å². The number of hydrogen-bond acceptors (Lipinski definition) is 4. The molecule has 0 atom stereocenters. The maximum Gasteiger partial charge on any atom is 0.319 e. The first kappa shape index (κ1) is 14.9. The number of carbonyl (C=O) groups is 2. The van der Waals surface area contributed by atoms with E-state index in [1.165, 1.54) is 18.4 Å². The highest BCUT2D eigenvalue weighted by Gasteiger charge is 2.17.